The molecule has 1 unspecified atom stereocenters. The summed E-state index contributed by atoms with van der Waals surface area (Å²) in [4.78, 5) is 17.8. The number of nitrogens with one attached hydrogen (secondary N) is 1. The summed E-state index contributed by atoms with van der Waals surface area (Å²) >= 11 is 0. The fraction of sp³-hybridized carbons (Fsp3) is 0.333. The lowest BCUT2D eigenvalue weighted by molar-refractivity contribution is 0.0937. The Balaban J connectivity index is 1.50. The van der Waals surface area contributed by atoms with E-state index >= 15 is 0 Å². The van der Waals surface area contributed by atoms with Gasteiger partial charge in [0.1, 0.15) is 11.6 Å². The van der Waals surface area contributed by atoms with Crippen LogP contribution in [0.15, 0.2) is 66.7 Å². The smallest absolute Gasteiger partial charge is 0.252 e. The number of aryl methyl sites for hydroxylation is 3. The monoisotopic (exact) mass is 469 g/mol. The molecule has 182 valence electrons. The minimum absolute atomic E-state index is 0.0850. The van der Waals surface area contributed by atoms with Crippen LogP contribution in [0.2, 0.25) is 0 Å². The Morgan fingerprint density at radius 2 is 1.74 bits per heavy atom. The number of ether oxygens (including phenoxy) is 1. The van der Waals surface area contributed by atoms with Gasteiger partial charge in [0.05, 0.1) is 23.7 Å². The molecule has 0 radical (unpaired) electrons. The first-order valence-electron chi connectivity index (χ1n) is 12.4. The highest BCUT2D eigenvalue weighted by atomic mass is 16.5. The second kappa shape index (κ2) is 10.8. The second-order valence-electron chi connectivity index (χ2n) is 9.52. The van der Waals surface area contributed by atoms with Gasteiger partial charge in [-0.05, 0) is 74.1 Å². The van der Waals surface area contributed by atoms with Gasteiger partial charge < -0.3 is 14.6 Å². The van der Waals surface area contributed by atoms with E-state index in [1.807, 2.05) is 56.3 Å². The van der Waals surface area contributed by atoms with Crippen LogP contribution >= 0.6 is 0 Å². The first-order valence-corrected chi connectivity index (χ1v) is 12.4. The molecule has 1 N–H and O–H groups in total. The number of amides is 1. The van der Waals surface area contributed by atoms with Crippen molar-refractivity contribution in [2.45, 2.75) is 59.5 Å². The van der Waals surface area contributed by atoms with Crippen LogP contribution in [0.3, 0.4) is 0 Å². The minimum atomic E-state index is -0.236. The number of imidazole rings is 1. The van der Waals surface area contributed by atoms with Crippen molar-refractivity contribution in [1.29, 1.82) is 0 Å². The molecule has 35 heavy (non-hydrogen) atoms. The molecular formula is C30H35N3O2. The molecule has 1 amide bonds. The number of carbonyl (C=O) groups is 1. The molecule has 5 heteroatoms. The molecule has 5 nitrogen and oxygen atoms in total. The summed E-state index contributed by atoms with van der Waals surface area (Å²) in [6.45, 7) is 11.8. The topological polar surface area (TPSA) is 56.1 Å². The van der Waals surface area contributed by atoms with E-state index in [1.165, 1.54) is 11.1 Å². The molecule has 0 saturated carbocycles. The van der Waals surface area contributed by atoms with Crippen molar-refractivity contribution in [2.24, 2.45) is 0 Å². The molecule has 0 bridgehead atoms. The van der Waals surface area contributed by atoms with Crippen molar-refractivity contribution in [3.8, 4) is 5.75 Å². The van der Waals surface area contributed by atoms with Gasteiger partial charge in [-0.2, -0.15) is 0 Å². The molecule has 4 aromatic rings. The Morgan fingerprint density at radius 1 is 1.00 bits per heavy atom. The zero-order valence-corrected chi connectivity index (χ0v) is 21.3. The zero-order valence-electron chi connectivity index (χ0n) is 21.3. The number of carbonyl (C=O) groups excluding carboxylic acids is 1. The average Bonchev–Trinajstić information content (AvgIpc) is 3.20. The standard InChI is InChI=1S/C30H35N3O2/c1-20(2)24-16-15-21(3)19-28(24)35-18-10-17-33-27-14-9-8-13-26(27)32-29(33)23(5)31-30(34)25-12-7-6-11-22(25)4/h6-9,11-16,19-20,23H,10,17-18H2,1-5H3,(H,31,34). The molecule has 0 aliphatic heterocycles. The van der Waals surface area contributed by atoms with E-state index < -0.39 is 0 Å². The average molecular weight is 470 g/mol. The van der Waals surface area contributed by atoms with Crippen LogP contribution in [0, 0.1) is 13.8 Å². The Morgan fingerprint density at radius 3 is 2.51 bits per heavy atom. The second-order valence-corrected chi connectivity index (χ2v) is 9.52. The zero-order chi connectivity index (χ0) is 24.9. The first kappa shape index (κ1) is 24.5. The predicted molar refractivity (Wildman–Crippen MR) is 142 cm³/mol. The normalized spacial score (nSPS) is 12.2. The van der Waals surface area contributed by atoms with Crippen LogP contribution in [0.5, 0.6) is 5.75 Å². The summed E-state index contributed by atoms with van der Waals surface area (Å²) in [5, 5.41) is 3.14. The summed E-state index contributed by atoms with van der Waals surface area (Å²) in [5.41, 5.74) is 6.08. The van der Waals surface area contributed by atoms with Crippen LogP contribution < -0.4 is 10.1 Å². The molecule has 1 atom stereocenters. The number of fused-ring (bicyclic) bond motifs is 1. The third-order valence-electron chi connectivity index (χ3n) is 6.38. The Labute approximate surface area is 208 Å². The van der Waals surface area contributed by atoms with E-state index in [-0.39, 0.29) is 11.9 Å². The van der Waals surface area contributed by atoms with Gasteiger partial charge in [-0.3, -0.25) is 4.79 Å². The Hall–Kier alpha value is -3.60. The summed E-state index contributed by atoms with van der Waals surface area (Å²) in [7, 11) is 0. The highest BCUT2D eigenvalue weighted by molar-refractivity contribution is 5.95. The summed E-state index contributed by atoms with van der Waals surface area (Å²) in [6, 6.07) is 21.9. The van der Waals surface area contributed by atoms with Gasteiger partial charge in [-0.25, -0.2) is 4.98 Å². The van der Waals surface area contributed by atoms with E-state index in [0.29, 0.717) is 18.1 Å². The molecule has 0 aliphatic carbocycles. The maximum Gasteiger partial charge on any atom is 0.252 e. The van der Waals surface area contributed by atoms with Crippen LogP contribution in [-0.4, -0.2) is 22.1 Å². The van der Waals surface area contributed by atoms with E-state index in [0.717, 1.165) is 41.1 Å². The lowest BCUT2D eigenvalue weighted by Gasteiger charge is -2.18. The maximum atomic E-state index is 12.9. The summed E-state index contributed by atoms with van der Waals surface area (Å²) < 4.78 is 8.43. The molecule has 1 heterocycles. The van der Waals surface area contributed by atoms with Crippen molar-refractivity contribution < 1.29 is 9.53 Å². The Kier molecular flexibility index (Phi) is 7.54. The van der Waals surface area contributed by atoms with Crippen LogP contribution in [0.1, 0.15) is 72.0 Å². The quantitative estimate of drug-likeness (QED) is 0.276. The van der Waals surface area contributed by atoms with Crippen LogP contribution in [0.25, 0.3) is 11.0 Å². The summed E-state index contributed by atoms with van der Waals surface area (Å²) in [5.74, 6) is 2.15. The van der Waals surface area contributed by atoms with Gasteiger partial charge in [-0.1, -0.05) is 56.3 Å². The number of nitrogens with zero attached hydrogens (tertiary/aromatic N) is 2. The number of benzene rings is 3. The fourth-order valence-electron chi connectivity index (χ4n) is 4.47. The molecule has 0 fully saturated rings. The fourth-order valence-corrected chi connectivity index (χ4v) is 4.47. The van der Waals surface area contributed by atoms with Crippen molar-refractivity contribution in [1.82, 2.24) is 14.9 Å². The van der Waals surface area contributed by atoms with Crippen molar-refractivity contribution in [3.63, 3.8) is 0 Å². The highest BCUT2D eigenvalue weighted by Gasteiger charge is 2.20. The van der Waals surface area contributed by atoms with Gasteiger partial charge in [0.25, 0.3) is 5.91 Å². The van der Waals surface area contributed by atoms with E-state index in [1.54, 1.807) is 0 Å². The number of aromatic nitrogens is 2. The lowest BCUT2D eigenvalue weighted by Crippen LogP contribution is -2.29. The maximum absolute atomic E-state index is 12.9. The highest BCUT2D eigenvalue weighted by Crippen LogP contribution is 2.28. The number of rotatable bonds is 9. The van der Waals surface area contributed by atoms with Gasteiger partial charge in [0.15, 0.2) is 0 Å². The van der Waals surface area contributed by atoms with Crippen molar-refractivity contribution >= 4 is 16.9 Å². The molecule has 0 aliphatic rings. The van der Waals surface area contributed by atoms with Gasteiger partial charge in [0, 0.05) is 12.1 Å². The number of hydrogen-bond acceptors (Lipinski definition) is 3. The predicted octanol–water partition coefficient (Wildman–Crippen LogP) is 6.74. The minimum Gasteiger partial charge on any atom is -0.493 e. The van der Waals surface area contributed by atoms with Gasteiger partial charge in [0.2, 0.25) is 0 Å². The van der Waals surface area contributed by atoms with E-state index in [2.05, 4.69) is 54.9 Å². The Bertz CT molecular complexity index is 1320. The molecule has 3 aromatic carbocycles. The SMILES string of the molecule is Cc1ccc(C(C)C)c(OCCCn2c(C(C)NC(=O)c3ccccc3C)nc3ccccc32)c1. The molecule has 0 saturated heterocycles. The third kappa shape index (κ3) is 5.56. The largest absolute Gasteiger partial charge is 0.493 e. The van der Waals surface area contributed by atoms with Gasteiger partial charge >= 0.3 is 0 Å². The number of hydrogen-bond donors (Lipinski definition) is 1. The van der Waals surface area contributed by atoms with Crippen molar-refractivity contribution in [2.75, 3.05) is 6.61 Å². The van der Waals surface area contributed by atoms with Crippen molar-refractivity contribution in [3.05, 3.63) is 94.8 Å². The van der Waals surface area contributed by atoms with E-state index in [4.69, 9.17) is 9.72 Å². The molecule has 0 spiro atoms. The molecule has 1 aromatic heterocycles. The van der Waals surface area contributed by atoms with Gasteiger partial charge in [-0.15, -0.1) is 0 Å². The molecular weight excluding hydrogens is 434 g/mol. The van der Waals surface area contributed by atoms with Crippen LogP contribution in [-0.2, 0) is 6.54 Å². The number of para-hydroxylation sites is 2. The lowest BCUT2D eigenvalue weighted by atomic mass is 10.0. The van der Waals surface area contributed by atoms with E-state index in [9.17, 15) is 4.79 Å². The first-order chi connectivity index (χ1) is 16.8. The molecule has 4 rings (SSSR count). The van der Waals surface area contributed by atoms with Crippen LogP contribution in [0.4, 0.5) is 0 Å². The summed E-state index contributed by atoms with van der Waals surface area (Å²) in [6.07, 6.45) is 0.831. The third-order valence-corrected chi connectivity index (χ3v) is 6.38.